The molecule has 0 spiro atoms. The van der Waals surface area contributed by atoms with E-state index >= 15 is 0 Å². The highest BCUT2D eigenvalue weighted by molar-refractivity contribution is 5.75. The van der Waals surface area contributed by atoms with Gasteiger partial charge in [-0.25, -0.2) is 0 Å². The van der Waals surface area contributed by atoms with Crippen molar-refractivity contribution in [2.45, 2.75) is 19.4 Å². The van der Waals surface area contributed by atoms with Gasteiger partial charge in [0.05, 0.1) is 32.7 Å². The second-order valence-corrected chi connectivity index (χ2v) is 7.30. The topological polar surface area (TPSA) is 55.2 Å². The number of quaternary nitrogens is 1. The predicted octanol–water partition coefficient (Wildman–Crippen LogP) is 1.39. The lowest BCUT2D eigenvalue weighted by Crippen LogP contribution is -3.15. The molecule has 0 unspecified atom stereocenters. The number of piperazine rings is 1. The maximum atomic E-state index is 11.9. The number of hydrogen-bond donors (Lipinski definition) is 2. The Labute approximate surface area is 166 Å². The number of para-hydroxylation sites is 1. The normalized spacial score (nSPS) is 17.4. The number of hydrogen-bond acceptors (Lipinski definition) is 4. The lowest BCUT2D eigenvalue weighted by molar-refractivity contribution is -0.931. The number of carbonyl (C=O) groups excluding carboxylic acids is 1. The first-order valence-electron chi connectivity index (χ1n) is 10.1. The van der Waals surface area contributed by atoms with E-state index in [1.807, 2.05) is 13.0 Å². The molecule has 2 N–H and O–H groups in total. The molecule has 1 fully saturated rings. The Bertz CT molecular complexity index is 804. The van der Waals surface area contributed by atoms with Crippen molar-refractivity contribution in [1.29, 1.82) is 0 Å². The molecular weight excluding hydrogens is 354 g/mol. The number of ether oxygens (including phenoxy) is 2. The van der Waals surface area contributed by atoms with E-state index in [2.05, 4.69) is 52.7 Å². The van der Waals surface area contributed by atoms with Crippen molar-refractivity contribution >= 4 is 11.6 Å². The highest BCUT2D eigenvalue weighted by atomic mass is 16.7. The zero-order chi connectivity index (χ0) is 19.3. The fourth-order valence-electron chi connectivity index (χ4n) is 4.01. The van der Waals surface area contributed by atoms with Crippen LogP contribution < -0.4 is 24.6 Å². The molecule has 0 aliphatic carbocycles. The molecule has 1 atom stereocenters. The van der Waals surface area contributed by atoms with Crippen LogP contribution in [0.5, 0.6) is 11.5 Å². The fraction of sp³-hybridized carbons (Fsp3) is 0.409. The van der Waals surface area contributed by atoms with Crippen LogP contribution in [0.1, 0.15) is 24.9 Å². The molecule has 28 heavy (non-hydrogen) atoms. The minimum Gasteiger partial charge on any atom is -0.454 e. The molecule has 0 radical (unpaired) electrons. The van der Waals surface area contributed by atoms with E-state index in [0.29, 0.717) is 13.0 Å². The maximum absolute atomic E-state index is 11.9. The van der Waals surface area contributed by atoms with E-state index in [1.165, 1.54) is 16.2 Å². The Balaban J connectivity index is 1.48. The summed E-state index contributed by atoms with van der Waals surface area (Å²) in [5.41, 5.74) is 2.46. The maximum Gasteiger partial charge on any atom is 0.231 e. The number of anilines is 1. The number of nitrogens with one attached hydrogen (secondary N) is 2. The van der Waals surface area contributed by atoms with Crippen LogP contribution in [-0.4, -0.2) is 45.4 Å². The minimum atomic E-state index is 0.0908. The molecule has 0 bridgehead atoms. The molecule has 0 saturated carbocycles. The standard InChI is InChI=1S/C22H27N3O3/c1-2-22(26)23-15-19(17-8-9-20-21(14-17)28-16-27-20)25-12-10-24(11-13-25)18-6-4-3-5-7-18/h3-9,14,19H,2,10-13,15-16H2,1H3,(H,23,26)/p+1/t19-/m1/s1. The van der Waals surface area contributed by atoms with Crippen molar-refractivity contribution in [2.75, 3.05) is 44.4 Å². The minimum absolute atomic E-state index is 0.0908. The number of nitrogens with zero attached hydrogens (tertiary/aromatic N) is 1. The number of rotatable bonds is 6. The van der Waals surface area contributed by atoms with Gasteiger partial charge in [0.25, 0.3) is 0 Å². The summed E-state index contributed by atoms with van der Waals surface area (Å²) in [4.78, 5) is 15.8. The van der Waals surface area contributed by atoms with Gasteiger partial charge in [-0.1, -0.05) is 25.1 Å². The predicted molar refractivity (Wildman–Crippen MR) is 108 cm³/mol. The molecule has 6 heteroatoms. The van der Waals surface area contributed by atoms with E-state index in [9.17, 15) is 4.79 Å². The molecule has 1 saturated heterocycles. The van der Waals surface area contributed by atoms with Gasteiger partial charge in [-0.2, -0.15) is 0 Å². The molecule has 2 aliphatic heterocycles. The van der Waals surface area contributed by atoms with Gasteiger partial charge in [-0.3, -0.25) is 4.79 Å². The molecule has 2 aliphatic rings. The summed E-state index contributed by atoms with van der Waals surface area (Å²) in [6.45, 7) is 6.85. The number of carbonyl (C=O) groups is 1. The molecule has 1 amide bonds. The molecule has 2 aromatic rings. The highest BCUT2D eigenvalue weighted by Crippen LogP contribution is 2.33. The van der Waals surface area contributed by atoms with Crippen molar-refractivity contribution in [1.82, 2.24) is 5.32 Å². The molecule has 0 aromatic heterocycles. The first-order valence-corrected chi connectivity index (χ1v) is 10.1. The second kappa shape index (κ2) is 8.52. The molecule has 4 rings (SSSR count). The number of fused-ring (bicyclic) bond motifs is 1. The Morgan fingerprint density at radius 2 is 1.86 bits per heavy atom. The third-order valence-electron chi connectivity index (χ3n) is 5.64. The van der Waals surface area contributed by atoms with Crippen molar-refractivity contribution < 1.29 is 19.2 Å². The Morgan fingerprint density at radius 3 is 2.61 bits per heavy atom. The summed E-state index contributed by atoms with van der Waals surface area (Å²) >= 11 is 0. The Hall–Kier alpha value is -2.73. The van der Waals surface area contributed by atoms with E-state index < -0.39 is 0 Å². The van der Waals surface area contributed by atoms with Crippen LogP contribution in [0.4, 0.5) is 5.69 Å². The van der Waals surface area contributed by atoms with Gasteiger partial charge in [0.1, 0.15) is 6.04 Å². The smallest absolute Gasteiger partial charge is 0.231 e. The van der Waals surface area contributed by atoms with Crippen molar-refractivity contribution in [3.63, 3.8) is 0 Å². The summed E-state index contributed by atoms with van der Waals surface area (Å²) in [5, 5.41) is 3.09. The third kappa shape index (κ3) is 4.07. The zero-order valence-corrected chi connectivity index (χ0v) is 16.3. The third-order valence-corrected chi connectivity index (χ3v) is 5.64. The zero-order valence-electron chi connectivity index (χ0n) is 16.3. The van der Waals surface area contributed by atoms with Crippen molar-refractivity contribution in [3.05, 3.63) is 54.1 Å². The van der Waals surface area contributed by atoms with Crippen LogP contribution in [0.25, 0.3) is 0 Å². The first-order chi connectivity index (χ1) is 13.7. The average Bonchev–Trinajstić information content (AvgIpc) is 3.23. The number of benzene rings is 2. The van der Waals surface area contributed by atoms with Crippen LogP contribution in [0, 0.1) is 0 Å². The van der Waals surface area contributed by atoms with Gasteiger partial charge >= 0.3 is 0 Å². The van der Waals surface area contributed by atoms with Gasteiger partial charge in [-0.15, -0.1) is 0 Å². The second-order valence-electron chi connectivity index (χ2n) is 7.30. The fourth-order valence-corrected chi connectivity index (χ4v) is 4.01. The Morgan fingerprint density at radius 1 is 1.11 bits per heavy atom. The van der Waals surface area contributed by atoms with Crippen LogP contribution in [0.2, 0.25) is 0 Å². The monoisotopic (exact) mass is 382 g/mol. The summed E-state index contributed by atoms with van der Waals surface area (Å²) in [6.07, 6.45) is 0.505. The molecular formula is C22H28N3O3+. The quantitative estimate of drug-likeness (QED) is 0.793. The first kappa shape index (κ1) is 18.6. The van der Waals surface area contributed by atoms with Crippen LogP contribution in [0.3, 0.4) is 0 Å². The summed E-state index contributed by atoms with van der Waals surface area (Å²) in [5.74, 6) is 1.68. The lowest BCUT2D eigenvalue weighted by atomic mass is 10.0. The van der Waals surface area contributed by atoms with Gasteiger partial charge in [-0.05, 0) is 30.3 Å². The van der Waals surface area contributed by atoms with Gasteiger partial charge in [0, 0.05) is 17.7 Å². The van der Waals surface area contributed by atoms with E-state index in [1.54, 1.807) is 0 Å². The van der Waals surface area contributed by atoms with Crippen LogP contribution >= 0.6 is 0 Å². The van der Waals surface area contributed by atoms with Gasteiger partial charge in [0.15, 0.2) is 11.5 Å². The molecule has 6 nitrogen and oxygen atoms in total. The van der Waals surface area contributed by atoms with Crippen LogP contribution in [0.15, 0.2) is 48.5 Å². The highest BCUT2D eigenvalue weighted by Gasteiger charge is 2.30. The molecule has 2 aromatic carbocycles. The largest absolute Gasteiger partial charge is 0.454 e. The van der Waals surface area contributed by atoms with E-state index in [4.69, 9.17) is 9.47 Å². The Kier molecular flexibility index (Phi) is 5.67. The number of amides is 1. The van der Waals surface area contributed by atoms with Gasteiger partial charge in [0.2, 0.25) is 12.7 Å². The average molecular weight is 382 g/mol. The lowest BCUT2D eigenvalue weighted by Gasteiger charge is -2.38. The SMILES string of the molecule is CCC(=O)NC[C@H](c1ccc2c(c1)OCO2)[NH+]1CCN(c2ccccc2)CC1. The molecule has 2 heterocycles. The van der Waals surface area contributed by atoms with E-state index in [-0.39, 0.29) is 18.7 Å². The van der Waals surface area contributed by atoms with Crippen LogP contribution in [-0.2, 0) is 4.79 Å². The van der Waals surface area contributed by atoms with Gasteiger partial charge < -0.3 is 24.6 Å². The van der Waals surface area contributed by atoms with Crippen molar-refractivity contribution in [2.24, 2.45) is 0 Å². The summed E-state index contributed by atoms with van der Waals surface area (Å²) < 4.78 is 11.0. The van der Waals surface area contributed by atoms with Crippen molar-refractivity contribution in [3.8, 4) is 11.5 Å². The summed E-state index contributed by atoms with van der Waals surface area (Å²) in [6, 6.07) is 16.9. The van der Waals surface area contributed by atoms with E-state index in [0.717, 1.165) is 37.7 Å². The molecule has 148 valence electrons. The summed E-state index contributed by atoms with van der Waals surface area (Å²) in [7, 11) is 0.